The number of rotatable bonds is 10. The average Bonchev–Trinajstić information content (AvgIpc) is 2.79. The van der Waals surface area contributed by atoms with E-state index in [-0.39, 0.29) is 23.9 Å². The van der Waals surface area contributed by atoms with E-state index >= 15 is 0 Å². The van der Waals surface area contributed by atoms with Gasteiger partial charge in [0.25, 0.3) is 0 Å². The second-order valence-electron chi connectivity index (χ2n) is 8.40. The minimum Gasteiger partial charge on any atom is -0.478 e. The number of nitrogens with zero attached hydrogens (tertiary/aromatic N) is 1. The van der Waals surface area contributed by atoms with Gasteiger partial charge in [0.05, 0.1) is 18.0 Å². The van der Waals surface area contributed by atoms with Crippen LogP contribution in [0.5, 0.6) is 0 Å². The molecule has 1 fully saturated rings. The summed E-state index contributed by atoms with van der Waals surface area (Å²) in [4.78, 5) is 26.4. The SMILES string of the molecule is CCCCC[C@@H](NC(=O)Cc1ccc(C(=O)O)cc1)c1ccccc1N1CCCCC1. The number of hydrogen-bond acceptors (Lipinski definition) is 3. The maximum Gasteiger partial charge on any atom is 0.335 e. The van der Waals surface area contributed by atoms with Gasteiger partial charge < -0.3 is 15.3 Å². The van der Waals surface area contributed by atoms with Crippen LogP contribution in [0.4, 0.5) is 5.69 Å². The number of aromatic carboxylic acids is 1. The number of hydrogen-bond donors (Lipinski definition) is 2. The molecule has 0 radical (unpaired) electrons. The Kier molecular flexibility index (Phi) is 8.51. The van der Waals surface area contributed by atoms with Crippen molar-refractivity contribution in [3.63, 3.8) is 0 Å². The van der Waals surface area contributed by atoms with Gasteiger partial charge in [-0.3, -0.25) is 4.79 Å². The monoisotopic (exact) mass is 422 g/mol. The van der Waals surface area contributed by atoms with Crippen LogP contribution < -0.4 is 10.2 Å². The normalized spacial score (nSPS) is 14.8. The maximum atomic E-state index is 12.9. The van der Waals surface area contributed by atoms with Gasteiger partial charge in [0.1, 0.15) is 0 Å². The first-order valence-electron chi connectivity index (χ1n) is 11.5. The summed E-state index contributed by atoms with van der Waals surface area (Å²) >= 11 is 0. The summed E-state index contributed by atoms with van der Waals surface area (Å²) in [6, 6.07) is 15.0. The van der Waals surface area contributed by atoms with Crippen molar-refractivity contribution in [3.8, 4) is 0 Å². The Hall–Kier alpha value is -2.82. The standard InChI is InChI=1S/C26H34N2O3/c1-2-3-5-11-23(22-10-6-7-12-24(22)28-17-8-4-9-18-28)27-25(29)19-20-13-15-21(16-14-20)26(30)31/h6-7,10,12-16,23H,2-5,8-9,11,17-19H2,1H3,(H,27,29)(H,30,31)/t23-/m1/s1. The number of amides is 1. The molecule has 0 unspecified atom stereocenters. The zero-order valence-electron chi connectivity index (χ0n) is 18.5. The number of unbranched alkanes of at least 4 members (excludes halogenated alkanes) is 2. The average molecular weight is 423 g/mol. The molecule has 1 saturated heterocycles. The van der Waals surface area contributed by atoms with Gasteiger partial charge in [-0.15, -0.1) is 0 Å². The molecule has 1 amide bonds. The highest BCUT2D eigenvalue weighted by Crippen LogP contribution is 2.31. The molecule has 166 valence electrons. The highest BCUT2D eigenvalue weighted by atomic mass is 16.4. The molecule has 2 N–H and O–H groups in total. The summed E-state index contributed by atoms with van der Waals surface area (Å²) < 4.78 is 0. The van der Waals surface area contributed by atoms with E-state index in [0.717, 1.165) is 44.3 Å². The quantitative estimate of drug-likeness (QED) is 0.506. The Morgan fingerprint density at radius 3 is 2.39 bits per heavy atom. The van der Waals surface area contributed by atoms with Gasteiger partial charge in [-0.1, -0.05) is 56.5 Å². The number of carbonyl (C=O) groups excluding carboxylic acids is 1. The topological polar surface area (TPSA) is 69.6 Å². The van der Waals surface area contributed by atoms with Gasteiger partial charge in [-0.05, 0) is 55.0 Å². The Bertz CT molecular complexity index is 857. The van der Waals surface area contributed by atoms with E-state index < -0.39 is 5.97 Å². The first kappa shape index (κ1) is 22.9. The zero-order chi connectivity index (χ0) is 22.1. The predicted molar refractivity (Wildman–Crippen MR) is 125 cm³/mol. The number of carbonyl (C=O) groups is 2. The van der Waals surface area contributed by atoms with E-state index in [4.69, 9.17) is 5.11 Å². The Morgan fingerprint density at radius 1 is 1.00 bits per heavy atom. The third kappa shape index (κ3) is 6.58. The highest BCUT2D eigenvalue weighted by molar-refractivity contribution is 5.87. The van der Waals surface area contributed by atoms with Crippen LogP contribution in [0.15, 0.2) is 48.5 Å². The number of benzene rings is 2. The molecule has 0 bridgehead atoms. The Balaban J connectivity index is 1.74. The second kappa shape index (κ2) is 11.5. The van der Waals surface area contributed by atoms with Gasteiger partial charge in [0.2, 0.25) is 5.91 Å². The molecule has 2 aromatic rings. The Labute approximate surface area is 185 Å². The lowest BCUT2D eigenvalue weighted by Gasteiger charge is -2.33. The molecule has 31 heavy (non-hydrogen) atoms. The first-order valence-corrected chi connectivity index (χ1v) is 11.5. The third-order valence-electron chi connectivity index (χ3n) is 6.01. The highest BCUT2D eigenvalue weighted by Gasteiger charge is 2.21. The molecule has 1 aliphatic heterocycles. The minimum absolute atomic E-state index is 0.0181. The van der Waals surface area contributed by atoms with Crippen molar-refractivity contribution < 1.29 is 14.7 Å². The summed E-state index contributed by atoms with van der Waals surface area (Å²) in [6.07, 6.45) is 8.25. The van der Waals surface area contributed by atoms with E-state index in [9.17, 15) is 9.59 Å². The van der Waals surface area contributed by atoms with Crippen molar-refractivity contribution in [2.24, 2.45) is 0 Å². The number of carboxylic acid groups (broad SMARTS) is 1. The van der Waals surface area contributed by atoms with E-state index in [2.05, 4.69) is 41.4 Å². The van der Waals surface area contributed by atoms with Crippen LogP contribution in [0.2, 0.25) is 0 Å². The second-order valence-corrected chi connectivity index (χ2v) is 8.40. The minimum atomic E-state index is -0.957. The molecule has 0 aliphatic carbocycles. The van der Waals surface area contributed by atoms with Crippen LogP contribution in [0.25, 0.3) is 0 Å². The third-order valence-corrected chi connectivity index (χ3v) is 6.01. The van der Waals surface area contributed by atoms with Crippen LogP contribution in [-0.2, 0) is 11.2 Å². The lowest BCUT2D eigenvalue weighted by atomic mass is 9.96. The molecule has 1 heterocycles. The van der Waals surface area contributed by atoms with Crippen LogP contribution in [-0.4, -0.2) is 30.1 Å². The molecule has 5 heteroatoms. The van der Waals surface area contributed by atoms with Crippen molar-refractivity contribution in [3.05, 3.63) is 65.2 Å². The van der Waals surface area contributed by atoms with E-state index in [0.29, 0.717) is 0 Å². The van der Waals surface area contributed by atoms with Crippen LogP contribution in [0.1, 0.15) is 79.4 Å². The Morgan fingerprint density at radius 2 is 1.71 bits per heavy atom. The molecular formula is C26H34N2O3. The molecule has 1 aliphatic rings. The van der Waals surface area contributed by atoms with Crippen molar-refractivity contribution in [2.45, 2.75) is 64.3 Å². The number of piperidine rings is 1. The van der Waals surface area contributed by atoms with Crippen molar-refractivity contribution in [2.75, 3.05) is 18.0 Å². The zero-order valence-corrected chi connectivity index (χ0v) is 18.5. The van der Waals surface area contributed by atoms with Crippen LogP contribution >= 0.6 is 0 Å². The van der Waals surface area contributed by atoms with Gasteiger partial charge in [0.15, 0.2) is 0 Å². The van der Waals surface area contributed by atoms with Crippen molar-refractivity contribution in [1.29, 1.82) is 0 Å². The summed E-state index contributed by atoms with van der Waals surface area (Å²) in [5, 5.41) is 12.3. The molecule has 0 spiro atoms. The fourth-order valence-electron chi connectivity index (χ4n) is 4.30. The maximum absolute atomic E-state index is 12.9. The molecule has 5 nitrogen and oxygen atoms in total. The fraction of sp³-hybridized carbons (Fsp3) is 0.462. The lowest BCUT2D eigenvalue weighted by molar-refractivity contribution is -0.121. The lowest BCUT2D eigenvalue weighted by Crippen LogP contribution is -2.34. The number of anilines is 1. The molecule has 1 atom stereocenters. The van der Waals surface area contributed by atoms with Gasteiger partial charge in [-0.25, -0.2) is 4.79 Å². The molecule has 2 aromatic carbocycles. The number of carboxylic acids is 1. The summed E-state index contributed by atoms with van der Waals surface area (Å²) in [5.74, 6) is -0.987. The van der Waals surface area contributed by atoms with Gasteiger partial charge in [0, 0.05) is 18.8 Å². The molecular weight excluding hydrogens is 388 g/mol. The van der Waals surface area contributed by atoms with E-state index in [1.54, 1.807) is 24.3 Å². The van der Waals surface area contributed by atoms with Gasteiger partial charge in [-0.2, -0.15) is 0 Å². The molecule has 0 aromatic heterocycles. The fourth-order valence-corrected chi connectivity index (χ4v) is 4.30. The molecule has 0 saturated carbocycles. The van der Waals surface area contributed by atoms with Gasteiger partial charge >= 0.3 is 5.97 Å². The van der Waals surface area contributed by atoms with Crippen molar-refractivity contribution >= 4 is 17.6 Å². The smallest absolute Gasteiger partial charge is 0.335 e. The summed E-state index contributed by atoms with van der Waals surface area (Å²) in [7, 11) is 0. The molecule has 3 rings (SSSR count). The predicted octanol–water partition coefficient (Wildman–Crippen LogP) is 5.36. The van der Waals surface area contributed by atoms with Crippen LogP contribution in [0, 0.1) is 0 Å². The first-order chi connectivity index (χ1) is 15.1. The number of nitrogens with one attached hydrogen (secondary N) is 1. The summed E-state index contributed by atoms with van der Waals surface area (Å²) in [5.41, 5.74) is 3.50. The largest absolute Gasteiger partial charge is 0.478 e. The van der Waals surface area contributed by atoms with Crippen LogP contribution in [0.3, 0.4) is 0 Å². The van der Waals surface area contributed by atoms with E-state index in [1.807, 2.05) is 0 Å². The van der Waals surface area contributed by atoms with E-state index in [1.165, 1.54) is 30.5 Å². The number of para-hydroxylation sites is 1. The summed E-state index contributed by atoms with van der Waals surface area (Å²) in [6.45, 7) is 4.33. The van der Waals surface area contributed by atoms with Crippen molar-refractivity contribution in [1.82, 2.24) is 5.32 Å².